The molecular weight excluding hydrogens is 398 g/mol. The first-order chi connectivity index (χ1) is 14.7. The minimum Gasteiger partial charge on any atom is -0.497 e. The normalized spacial score (nSPS) is 10.5. The van der Waals surface area contributed by atoms with Crippen molar-refractivity contribution >= 4 is 22.9 Å². The number of carbonyl (C=O) groups excluding carboxylic acids is 1. The number of benzene rings is 2. The molecule has 1 N–H and O–H groups in total. The summed E-state index contributed by atoms with van der Waals surface area (Å²) >= 11 is 1.57. The molecule has 0 bridgehead atoms. The fraction of sp³-hybridized carbons (Fsp3) is 0.0870. The van der Waals surface area contributed by atoms with Crippen molar-refractivity contribution in [1.82, 2.24) is 9.97 Å². The molecule has 1 amide bonds. The lowest BCUT2D eigenvalue weighted by Gasteiger charge is -2.10. The number of ether oxygens (including phenoxy) is 2. The standard InChI is InChI=1S/C23H19N3O3S/c1-28-19-11-17(12-20(13-19)29-2)22(27)25-18-5-3-4-16(10-18)21-14-30-23(26-21)15-6-8-24-9-7-15/h3-14H,1-2H3,(H,25,27). The van der Waals surface area contributed by atoms with E-state index in [0.717, 1.165) is 21.8 Å². The van der Waals surface area contributed by atoms with Gasteiger partial charge in [-0.15, -0.1) is 11.3 Å². The molecule has 0 atom stereocenters. The van der Waals surface area contributed by atoms with E-state index in [9.17, 15) is 4.79 Å². The van der Waals surface area contributed by atoms with Crippen molar-refractivity contribution in [2.45, 2.75) is 0 Å². The number of carbonyl (C=O) groups is 1. The van der Waals surface area contributed by atoms with E-state index in [0.29, 0.717) is 22.7 Å². The summed E-state index contributed by atoms with van der Waals surface area (Å²) in [6.45, 7) is 0. The lowest BCUT2D eigenvalue weighted by molar-refractivity contribution is 0.102. The average Bonchev–Trinajstić information content (AvgIpc) is 3.30. The number of aromatic nitrogens is 2. The van der Waals surface area contributed by atoms with Gasteiger partial charge in [0.2, 0.25) is 0 Å². The molecule has 0 unspecified atom stereocenters. The van der Waals surface area contributed by atoms with Gasteiger partial charge in [0.15, 0.2) is 0 Å². The molecule has 0 aliphatic carbocycles. The van der Waals surface area contributed by atoms with Crippen molar-refractivity contribution in [2.75, 3.05) is 19.5 Å². The molecule has 0 aliphatic rings. The van der Waals surface area contributed by atoms with Crippen LogP contribution in [0.3, 0.4) is 0 Å². The lowest BCUT2D eigenvalue weighted by Crippen LogP contribution is -2.12. The van der Waals surface area contributed by atoms with Gasteiger partial charge in [0.05, 0.1) is 19.9 Å². The highest BCUT2D eigenvalue weighted by Crippen LogP contribution is 2.30. The Kier molecular flexibility index (Phi) is 5.72. The second kappa shape index (κ2) is 8.75. The highest BCUT2D eigenvalue weighted by atomic mass is 32.1. The molecule has 30 heavy (non-hydrogen) atoms. The van der Waals surface area contributed by atoms with Crippen molar-refractivity contribution in [2.24, 2.45) is 0 Å². The second-order valence-electron chi connectivity index (χ2n) is 6.41. The Balaban J connectivity index is 1.56. The summed E-state index contributed by atoms with van der Waals surface area (Å²) in [4.78, 5) is 21.5. The Bertz CT molecular complexity index is 1150. The van der Waals surface area contributed by atoms with E-state index < -0.39 is 0 Å². The zero-order valence-electron chi connectivity index (χ0n) is 16.5. The minimum absolute atomic E-state index is 0.250. The maximum atomic E-state index is 12.7. The first-order valence-corrected chi connectivity index (χ1v) is 10.0. The number of nitrogens with zero attached hydrogens (tertiary/aromatic N) is 2. The Hall–Kier alpha value is -3.71. The molecule has 2 aromatic carbocycles. The summed E-state index contributed by atoms with van der Waals surface area (Å²) in [5, 5.41) is 5.85. The number of thiazole rings is 1. The number of hydrogen-bond acceptors (Lipinski definition) is 6. The predicted octanol–water partition coefficient (Wildman–Crippen LogP) is 5.14. The fourth-order valence-corrected chi connectivity index (χ4v) is 3.77. The van der Waals surface area contributed by atoms with Gasteiger partial charge < -0.3 is 14.8 Å². The summed E-state index contributed by atoms with van der Waals surface area (Å²) in [5.41, 5.74) is 3.93. The topological polar surface area (TPSA) is 73.3 Å². The monoisotopic (exact) mass is 417 g/mol. The predicted molar refractivity (Wildman–Crippen MR) is 118 cm³/mol. The van der Waals surface area contributed by atoms with E-state index in [1.54, 1.807) is 56.1 Å². The van der Waals surface area contributed by atoms with Crippen molar-refractivity contribution in [3.8, 4) is 33.3 Å². The van der Waals surface area contributed by atoms with E-state index in [-0.39, 0.29) is 5.91 Å². The van der Waals surface area contributed by atoms with Crippen molar-refractivity contribution in [3.63, 3.8) is 0 Å². The molecule has 4 rings (SSSR count). The molecule has 0 saturated heterocycles. The first kappa shape index (κ1) is 19.6. The number of hydrogen-bond donors (Lipinski definition) is 1. The van der Waals surface area contributed by atoms with Crippen molar-refractivity contribution in [1.29, 1.82) is 0 Å². The van der Waals surface area contributed by atoms with E-state index in [2.05, 4.69) is 10.3 Å². The van der Waals surface area contributed by atoms with Gasteiger partial charge in [-0.25, -0.2) is 4.98 Å². The van der Waals surface area contributed by atoms with Gasteiger partial charge in [-0.3, -0.25) is 9.78 Å². The van der Waals surface area contributed by atoms with E-state index in [4.69, 9.17) is 14.5 Å². The van der Waals surface area contributed by atoms with Gasteiger partial charge in [0.25, 0.3) is 5.91 Å². The molecule has 4 aromatic rings. The SMILES string of the molecule is COc1cc(OC)cc(C(=O)Nc2cccc(-c3csc(-c4ccncc4)n3)c2)c1. The third-order valence-electron chi connectivity index (χ3n) is 4.46. The van der Waals surface area contributed by atoms with Crippen molar-refractivity contribution < 1.29 is 14.3 Å². The molecule has 7 heteroatoms. The molecule has 6 nitrogen and oxygen atoms in total. The van der Waals surface area contributed by atoms with Gasteiger partial charge in [-0.2, -0.15) is 0 Å². The molecule has 0 saturated carbocycles. The van der Waals surface area contributed by atoms with Gasteiger partial charge in [-0.1, -0.05) is 12.1 Å². The Morgan fingerprint density at radius 3 is 2.37 bits per heavy atom. The summed E-state index contributed by atoms with van der Waals surface area (Å²) in [6.07, 6.45) is 3.50. The molecule has 0 fully saturated rings. The third kappa shape index (κ3) is 4.31. The second-order valence-corrected chi connectivity index (χ2v) is 7.27. The molecule has 150 valence electrons. The maximum absolute atomic E-state index is 12.7. The van der Waals surface area contributed by atoms with E-state index in [1.807, 2.05) is 41.8 Å². The zero-order chi connectivity index (χ0) is 20.9. The van der Waals surface area contributed by atoms with Gasteiger partial charge in [0, 0.05) is 46.2 Å². The number of nitrogens with one attached hydrogen (secondary N) is 1. The van der Waals surface area contributed by atoms with Gasteiger partial charge >= 0.3 is 0 Å². The maximum Gasteiger partial charge on any atom is 0.255 e. The summed E-state index contributed by atoms with van der Waals surface area (Å²) < 4.78 is 10.5. The molecule has 2 heterocycles. The Morgan fingerprint density at radius 1 is 0.933 bits per heavy atom. The smallest absolute Gasteiger partial charge is 0.255 e. The van der Waals surface area contributed by atoms with Crippen LogP contribution in [-0.2, 0) is 0 Å². The van der Waals surface area contributed by atoms with Crippen LogP contribution in [0.2, 0.25) is 0 Å². The van der Waals surface area contributed by atoms with E-state index in [1.165, 1.54) is 0 Å². The molecular formula is C23H19N3O3S. The highest BCUT2D eigenvalue weighted by Gasteiger charge is 2.12. The van der Waals surface area contributed by atoms with Crippen LogP contribution in [0.25, 0.3) is 21.8 Å². The van der Waals surface area contributed by atoms with Crippen LogP contribution in [-0.4, -0.2) is 30.1 Å². The van der Waals surface area contributed by atoms with Crippen LogP contribution >= 0.6 is 11.3 Å². The van der Waals surface area contributed by atoms with Crippen LogP contribution in [0, 0.1) is 0 Å². The van der Waals surface area contributed by atoms with Crippen LogP contribution < -0.4 is 14.8 Å². The van der Waals surface area contributed by atoms with Crippen LogP contribution in [0.15, 0.2) is 72.4 Å². The molecule has 2 aromatic heterocycles. The van der Waals surface area contributed by atoms with Gasteiger partial charge in [0.1, 0.15) is 16.5 Å². The largest absolute Gasteiger partial charge is 0.497 e. The number of amides is 1. The molecule has 0 radical (unpaired) electrons. The summed E-state index contributed by atoms with van der Waals surface area (Å²) in [6, 6.07) is 16.5. The Labute approximate surface area is 178 Å². The number of anilines is 1. The van der Waals surface area contributed by atoms with Crippen LogP contribution in [0.5, 0.6) is 11.5 Å². The molecule has 0 spiro atoms. The average molecular weight is 417 g/mol. The summed E-state index contributed by atoms with van der Waals surface area (Å²) in [5.74, 6) is 0.860. The van der Waals surface area contributed by atoms with Gasteiger partial charge in [-0.05, 0) is 36.4 Å². The van der Waals surface area contributed by atoms with Crippen LogP contribution in [0.1, 0.15) is 10.4 Å². The molecule has 0 aliphatic heterocycles. The number of methoxy groups -OCH3 is 2. The number of rotatable bonds is 6. The minimum atomic E-state index is -0.250. The fourth-order valence-electron chi connectivity index (χ4n) is 2.93. The highest BCUT2D eigenvalue weighted by molar-refractivity contribution is 7.13. The lowest BCUT2D eigenvalue weighted by atomic mass is 10.1. The Morgan fingerprint density at radius 2 is 1.67 bits per heavy atom. The first-order valence-electron chi connectivity index (χ1n) is 9.17. The van der Waals surface area contributed by atoms with Crippen LogP contribution in [0.4, 0.5) is 5.69 Å². The van der Waals surface area contributed by atoms with Crippen molar-refractivity contribution in [3.05, 3.63) is 77.9 Å². The quantitative estimate of drug-likeness (QED) is 0.470. The summed E-state index contributed by atoms with van der Waals surface area (Å²) in [7, 11) is 3.10. The number of pyridine rings is 1. The zero-order valence-corrected chi connectivity index (χ0v) is 17.3. The third-order valence-corrected chi connectivity index (χ3v) is 5.35. The van der Waals surface area contributed by atoms with E-state index >= 15 is 0 Å².